The minimum Gasteiger partial charge on any atom is -0.310 e. The van der Waals surface area contributed by atoms with Gasteiger partial charge in [-0.2, -0.15) is 0 Å². The van der Waals surface area contributed by atoms with Crippen LogP contribution in [0, 0.1) is 62.3 Å². The van der Waals surface area contributed by atoms with Crippen molar-refractivity contribution < 1.29 is 0 Å². The largest absolute Gasteiger partial charge is 0.310 e. The van der Waals surface area contributed by atoms with E-state index < -0.39 is 0 Å². The second kappa shape index (κ2) is 14.5. The number of nitrogens with zero attached hydrogens (tertiary/aromatic N) is 1. The summed E-state index contributed by atoms with van der Waals surface area (Å²) in [4.78, 5) is 2.55. The highest BCUT2D eigenvalue weighted by Gasteiger charge is 2.24. The molecular formula is C57H51N. The molecule has 0 saturated carbocycles. The fourth-order valence-corrected chi connectivity index (χ4v) is 9.54. The molecule has 9 rings (SSSR count). The van der Waals surface area contributed by atoms with Crippen LogP contribution in [0.5, 0.6) is 0 Å². The first-order valence-corrected chi connectivity index (χ1v) is 20.6. The Morgan fingerprint density at radius 2 is 0.534 bits per heavy atom. The van der Waals surface area contributed by atoms with E-state index in [9.17, 15) is 0 Å². The summed E-state index contributed by atoms with van der Waals surface area (Å²) in [6.45, 7) is 20.5. The Hall–Kier alpha value is -6.44. The van der Waals surface area contributed by atoms with Gasteiger partial charge in [0.15, 0.2) is 0 Å². The van der Waals surface area contributed by atoms with Crippen LogP contribution in [0.4, 0.5) is 17.1 Å². The molecule has 0 amide bonds. The van der Waals surface area contributed by atoms with E-state index in [2.05, 4.69) is 213 Å². The van der Waals surface area contributed by atoms with Crippen molar-refractivity contribution in [3.05, 3.63) is 196 Å². The lowest BCUT2D eigenvalue weighted by Crippen LogP contribution is -2.15. The van der Waals surface area contributed by atoms with Gasteiger partial charge in [0, 0.05) is 17.1 Å². The van der Waals surface area contributed by atoms with Gasteiger partial charge < -0.3 is 4.90 Å². The van der Waals surface area contributed by atoms with Gasteiger partial charge in [0.05, 0.1) is 0 Å². The minimum absolute atomic E-state index is 1.20. The Labute approximate surface area is 344 Å². The number of hydrogen-bond acceptors (Lipinski definition) is 1. The number of hydrogen-bond donors (Lipinski definition) is 0. The molecule has 9 aromatic rings. The highest BCUT2D eigenvalue weighted by molar-refractivity contribution is 6.03. The van der Waals surface area contributed by atoms with Gasteiger partial charge in [0.25, 0.3) is 0 Å². The normalized spacial score (nSPS) is 11.5. The molecular weight excluding hydrogens is 699 g/mol. The predicted molar refractivity (Wildman–Crippen MR) is 253 cm³/mol. The molecule has 0 unspecified atom stereocenters. The number of rotatable bonds is 6. The summed E-state index contributed by atoms with van der Waals surface area (Å²) in [6.07, 6.45) is 0. The van der Waals surface area contributed by atoms with Crippen LogP contribution in [0.15, 0.2) is 146 Å². The average Bonchev–Trinajstić information content (AvgIpc) is 3.22. The van der Waals surface area contributed by atoms with Gasteiger partial charge in [-0.25, -0.2) is 0 Å². The van der Waals surface area contributed by atoms with Gasteiger partial charge in [0.2, 0.25) is 0 Å². The van der Waals surface area contributed by atoms with Crippen molar-refractivity contribution in [1.82, 2.24) is 0 Å². The van der Waals surface area contributed by atoms with Gasteiger partial charge in [-0.15, -0.1) is 0 Å². The molecule has 0 spiro atoms. The molecule has 1 heteroatoms. The fraction of sp³-hybridized carbons (Fsp3) is 0.158. The molecule has 0 aliphatic rings. The molecule has 0 aliphatic heterocycles. The Bertz CT molecular complexity index is 2770. The van der Waals surface area contributed by atoms with Crippen LogP contribution in [-0.4, -0.2) is 0 Å². The lowest BCUT2D eigenvalue weighted by Gasteiger charge is -2.32. The number of fused-ring (bicyclic) bond motifs is 3. The lowest BCUT2D eigenvalue weighted by molar-refractivity contribution is 1.18. The van der Waals surface area contributed by atoms with Gasteiger partial charge in [-0.1, -0.05) is 109 Å². The van der Waals surface area contributed by atoms with Gasteiger partial charge >= 0.3 is 0 Å². The van der Waals surface area contributed by atoms with Crippen molar-refractivity contribution in [1.29, 1.82) is 0 Å². The molecule has 0 fully saturated rings. The molecule has 0 saturated heterocycles. The van der Waals surface area contributed by atoms with Crippen molar-refractivity contribution >= 4 is 49.4 Å². The first-order valence-electron chi connectivity index (χ1n) is 20.6. The average molecular weight is 750 g/mol. The lowest BCUT2D eigenvalue weighted by atomic mass is 9.88. The summed E-state index contributed by atoms with van der Waals surface area (Å²) in [6, 6.07) is 54.5. The van der Waals surface area contributed by atoms with E-state index in [1.54, 1.807) is 0 Å². The van der Waals surface area contributed by atoms with Gasteiger partial charge in [-0.3, -0.25) is 0 Å². The summed E-state index contributed by atoms with van der Waals surface area (Å²) in [5, 5.41) is 7.70. The van der Waals surface area contributed by atoms with Crippen LogP contribution in [0.2, 0.25) is 0 Å². The van der Waals surface area contributed by atoms with E-state index in [-0.39, 0.29) is 0 Å². The smallest absolute Gasteiger partial charge is 0.0494 e. The topological polar surface area (TPSA) is 3.24 Å². The van der Waals surface area contributed by atoms with E-state index in [0.717, 1.165) is 0 Å². The predicted octanol–water partition coefficient (Wildman–Crippen LogP) is 16.4. The molecule has 284 valence electrons. The number of benzene rings is 9. The fourth-order valence-electron chi connectivity index (χ4n) is 9.54. The first-order chi connectivity index (χ1) is 28.0. The Kier molecular flexibility index (Phi) is 9.29. The monoisotopic (exact) mass is 749 g/mol. The third-order valence-electron chi connectivity index (χ3n) is 12.6. The highest BCUT2D eigenvalue weighted by Crippen LogP contribution is 2.47. The molecule has 58 heavy (non-hydrogen) atoms. The Morgan fingerprint density at radius 3 is 0.828 bits per heavy atom. The van der Waals surface area contributed by atoms with Crippen molar-refractivity contribution in [2.45, 2.75) is 62.3 Å². The SMILES string of the molecule is Cc1cc(N(c2cc(C)c(-c3c(C)ccc4ccccc34)cc2C)c2cc(C)c(-c3c(C)ccc4ccccc34)cc2C)c(C)cc1-c1c(C)ccc2ccccc12. The van der Waals surface area contributed by atoms with Crippen LogP contribution in [0.1, 0.15) is 50.1 Å². The van der Waals surface area contributed by atoms with E-state index in [1.807, 2.05) is 0 Å². The highest BCUT2D eigenvalue weighted by atomic mass is 15.1. The second-order valence-corrected chi connectivity index (χ2v) is 16.6. The van der Waals surface area contributed by atoms with E-state index in [4.69, 9.17) is 0 Å². The van der Waals surface area contributed by atoms with E-state index in [1.165, 1.54) is 133 Å². The van der Waals surface area contributed by atoms with Crippen LogP contribution in [-0.2, 0) is 0 Å². The van der Waals surface area contributed by atoms with E-state index in [0.29, 0.717) is 0 Å². The minimum atomic E-state index is 1.20. The zero-order chi connectivity index (χ0) is 40.4. The molecule has 0 N–H and O–H groups in total. The molecule has 0 aliphatic carbocycles. The van der Waals surface area contributed by atoms with Gasteiger partial charge in [0.1, 0.15) is 0 Å². The van der Waals surface area contributed by atoms with E-state index >= 15 is 0 Å². The maximum atomic E-state index is 2.55. The van der Waals surface area contributed by atoms with Crippen LogP contribution < -0.4 is 4.90 Å². The van der Waals surface area contributed by atoms with Crippen molar-refractivity contribution in [2.75, 3.05) is 4.90 Å². The Balaban J connectivity index is 1.28. The van der Waals surface area contributed by atoms with Gasteiger partial charge in [-0.05, 0) is 214 Å². The zero-order valence-corrected chi connectivity index (χ0v) is 35.3. The molecule has 9 aromatic carbocycles. The molecule has 0 heterocycles. The summed E-state index contributed by atoms with van der Waals surface area (Å²) in [5.74, 6) is 0. The van der Waals surface area contributed by atoms with Crippen molar-refractivity contribution in [2.24, 2.45) is 0 Å². The van der Waals surface area contributed by atoms with Crippen LogP contribution >= 0.6 is 0 Å². The number of aryl methyl sites for hydroxylation is 9. The first kappa shape index (κ1) is 37.2. The number of anilines is 3. The summed E-state index contributed by atoms with van der Waals surface area (Å²) < 4.78 is 0. The molecule has 0 aromatic heterocycles. The Morgan fingerprint density at radius 1 is 0.259 bits per heavy atom. The summed E-state index contributed by atoms with van der Waals surface area (Å²) in [7, 11) is 0. The standard InChI is InChI=1S/C57H51N/c1-34-22-25-43-16-10-13-19-46(43)55(34)49-28-40(7)52(31-37(49)4)58(53-32-38(5)50(29-41(53)8)56-35(2)23-26-44-17-11-14-20-47(44)56)54-33-39(6)51(30-42(54)9)57-36(3)24-27-45-18-12-15-21-48(45)57/h10-33H,1-9H3. The molecule has 0 bridgehead atoms. The summed E-state index contributed by atoms with van der Waals surface area (Å²) in [5.41, 5.74) is 22.8. The maximum Gasteiger partial charge on any atom is 0.0494 e. The quantitative estimate of drug-likeness (QED) is 0.164. The van der Waals surface area contributed by atoms with Crippen molar-refractivity contribution in [3.8, 4) is 33.4 Å². The molecule has 1 nitrogen and oxygen atoms in total. The molecule has 0 radical (unpaired) electrons. The summed E-state index contributed by atoms with van der Waals surface area (Å²) >= 11 is 0. The maximum absolute atomic E-state index is 2.55. The molecule has 0 atom stereocenters. The zero-order valence-electron chi connectivity index (χ0n) is 35.3. The van der Waals surface area contributed by atoms with Crippen LogP contribution in [0.25, 0.3) is 65.7 Å². The third-order valence-corrected chi connectivity index (χ3v) is 12.6. The third kappa shape index (κ3) is 6.18. The van der Waals surface area contributed by atoms with Crippen LogP contribution in [0.3, 0.4) is 0 Å². The second-order valence-electron chi connectivity index (χ2n) is 16.6. The van der Waals surface area contributed by atoms with Crippen molar-refractivity contribution in [3.63, 3.8) is 0 Å².